The molecule has 11 heteroatoms. The number of aromatic nitrogens is 2. The molecule has 2 aliphatic heterocycles. The molecule has 37 heavy (non-hydrogen) atoms. The van der Waals surface area contributed by atoms with E-state index in [1.54, 1.807) is 11.8 Å². The molecule has 2 aliphatic carbocycles. The molecule has 0 radical (unpaired) electrons. The van der Waals surface area contributed by atoms with Gasteiger partial charge in [-0.3, -0.25) is 14.4 Å². The molecule has 5 unspecified atom stereocenters. The van der Waals surface area contributed by atoms with Gasteiger partial charge >= 0.3 is 6.01 Å². The molecule has 3 fully saturated rings. The summed E-state index contributed by atoms with van der Waals surface area (Å²) in [5.74, 6) is -2.09. The Balaban J connectivity index is 1.58. The van der Waals surface area contributed by atoms with Gasteiger partial charge in [0.1, 0.15) is 11.6 Å². The summed E-state index contributed by atoms with van der Waals surface area (Å²) in [6.45, 7) is 8.24. The zero-order chi connectivity index (χ0) is 26.7. The van der Waals surface area contributed by atoms with Gasteiger partial charge in [0, 0.05) is 31.8 Å². The number of nitrogens with one attached hydrogen (secondary N) is 2. The maximum Gasteiger partial charge on any atom is 0.316 e. The fraction of sp³-hybridized carbons (Fsp3) is 0.692. The standard InChI is InChI=1S/C26H35N7O4/c1-13-31-32-24(37-13)30-20(25(2,3)4)22(35)33-12-18-14-5-6-15(9-14)19(18)26(33,23(28)36)17(11-27)10-16-7-8-29-21(16)34/h5-6,14-20H,7-10,12H2,1-4H3,(H2,28,36)(H,29,34)(H,30,32)/t14?,15?,16-,17-,18?,19?,20-,26?/m1/s1. The minimum atomic E-state index is -1.53. The number of rotatable bonds is 7. The van der Waals surface area contributed by atoms with E-state index in [9.17, 15) is 19.6 Å². The van der Waals surface area contributed by atoms with E-state index >= 15 is 0 Å². The Kier molecular flexibility index (Phi) is 6.04. The monoisotopic (exact) mass is 509 g/mol. The number of nitrogens with two attached hydrogens (primary N) is 1. The van der Waals surface area contributed by atoms with Crippen molar-refractivity contribution in [3.63, 3.8) is 0 Å². The molecular formula is C26H35N7O4. The van der Waals surface area contributed by atoms with E-state index in [1.165, 1.54) is 0 Å². The lowest BCUT2D eigenvalue weighted by Gasteiger charge is -2.46. The number of hydrogen-bond acceptors (Lipinski definition) is 8. The Bertz CT molecular complexity index is 1180. The van der Waals surface area contributed by atoms with Gasteiger partial charge in [0.05, 0.1) is 12.0 Å². The number of nitrogens with zero attached hydrogens (tertiary/aromatic N) is 4. The van der Waals surface area contributed by atoms with Crippen LogP contribution in [-0.2, 0) is 14.4 Å². The molecule has 0 aromatic carbocycles. The lowest BCUT2D eigenvalue weighted by molar-refractivity contribution is -0.151. The van der Waals surface area contributed by atoms with Crippen molar-refractivity contribution in [2.75, 3.05) is 18.4 Å². The van der Waals surface area contributed by atoms with E-state index in [4.69, 9.17) is 10.2 Å². The summed E-state index contributed by atoms with van der Waals surface area (Å²) in [6.07, 6.45) is 5.92. The Morgan fingerprint density at radius 1 is 1.35 bits per heavy atom. The van der Waals surface area contributed by atoms with Gasteiger partial charge in [-0.1, -0.05) is 38.0 Å². The van der Waals surface area contributed by atoms with Crippen molar-refractivity contribution >= 4 is 23.7 Å². The maximum absolute atomic E-state index is 14.5. The third-order valence-corrected chi connectivity index (χ3v) is 8.91. The summed E-state index contributed by atoms with van der Waals surface area (Å²) >= 11 is 0. The highest BCUT2D eigenvalue weighted by atomic mass is 16.4. The van der Waals surface area contributed by atoms with Crippen LogP contribution in [0.5, 0.6) is 0 Å². The molecule has 3 amide bonds. The summed E-state index contributed by atoms with van der Waals surface area (Å²) in [7, 11) is 0. The number of carbonyl (C=O) groups is 3. The van der Waals surface area contributed by atoms with Crippen molar-refractivity contribution in [3.8, 4) is 6.07 Å². The van der Waals surface area contributed by atoms with Gasteiger partial charge in [-0.05, 0) is 42.4 Å². The number of primary amides is 1. The Labute approximate surface area is 216 Å². The van der Waals surface area contributed by atoms with Crippen LogP contribution in [0.25, 0.3) is 0 Å². The minimum Gasteiger partial charge on any atom is -0.408 e. The van der Waals surface area contributed by atoms with Crippen molar-refractivity contribution in [2.45, 2.75) is 58.5 Å². The fourth-order valence-electron chi connectivity index (χ4n) is 7.30. The van der Waals surface area contributed by atoms with Crippen LogP contribution < -0.4 is 16.4 Å². The largest absolute Gasteiger partial charge is 0.408 e. The van der Waals surface area contributed by atoms with Crippen LogP contribution in [0.1, 0.15) is 45.9 Å². The molecule has 4 N–H and O–H groups in total. The number of carbonyl (C=O) groups excluding carboxylic acids is 3. The molecule has 1 aromatic rings. The average Bonchev–Trinajstić information content (AvgIpc) is 3.63. The Morgan fingerprint density at radius 2 is 2.08 bits per heavy atom. The van der Waals surface area contributed by atoms with Crippen LogP contribution in [0.3, 0.4) is 0 Å². The van der Waals surface area contributed by atoms with E-state index in [0.717, 1.165) is 6.42 Å². The first-order valence-electron chi connectivity index (χ1n) is 13.0. The molecule has 2 bridgehead atoms. The smallest absolute Gasteiger partial charge is 0.316 e. The van der Waals surface area contributed by atoms with Gasteiger partial charge in [0.2, 0.25) is 23.6 Å². The highest BCUT2D eigenvalue weighted by molar-refractivity contribution is 5.95. The number of allylic oxidation sites excluding steroid dienone is 2. The molecule has 5 rings (SSSR count). The second kappa shape index (κ2) is 8.85. The zero-order valence-corrected chi connectivity index (χ0v) is 21.7. The Hall–Kier alpha value is -3.42. The maximum atomic E-state index is 14.5. The van der Waals surface area contributed by atoms with Crippen molar-refractivity contribution < 1.29 is 18.8 Å². The molecule has 0 spiro atoms. The number of amides is 3. The van der Waals surface area contributed by atoms with E-state index < -0.39 is 34.7 Å². The third kappa shape index (κ3) is 3.88. The third-order valence-electron chi connectivity index (χ3n) is 8.91. The van der Waals surface area contributed by atoms with Gasteiger partial charge in [0.15, 0.2) is 0 Å². The highest BCUT2D eigenvalue weighted by Gasteiger charge is 2.69. The summed E-state index contributed by atoms with van der Waals surface area (Å²) in [5.41, 5.74) is 4.10. The SMILES string of the molecule is Cc1nnc(N[C@H](C(=O)N2CC3C4C=CC(C4)C3C2(C(N)=O)[C@@H](C#N)C[C@H]2CCNC2=O)C(C)(C)C)o1. The molecule has 8 atom stereocenters. The van der Waals surface area contributed by atoms with Crippen LogP contribution in [0, 0.1) is 59.2 Å². The minimum absolute atomic E-state index is 0.0194. The van der Waals surface area contributed by atoms with Crippen molar-refractivity contribution in [1.29, 1.82) is 5.26 Å². The van der Waals surface area contributed by atoms with Gasteiger partial charge in [-0.15, -0.1) is 5.10 Å². The molecule has 11 nitrogen and oxygen atoms in total. The Morgan fingerprint density at radius 3 is 2.65 bits per heavy atom. The second-order valence-electron chi connectivity index (χ2n) is 12.0. The van der Waals surface area contributed by atoms with Crippen LogP contribution >= 0.6 is 0 Å². The number of hydrogen-bond donors (Lipinski definition) is 3. The lowest BCUT2D eigenvalue weighted by Crippen LogP contribution is -2.67. The van der Waals surface area contributed by atoms with Gasteiger partial charge < -0.3 is 25.7 Å². The van der Waals surface area contributed by atoms with Crippen LogP contribution in [0.15, 0.2) is 16.6 Å². The number of likely N-dealkylation sites (tertiary alicyclic amines) is 1. The van der Waals surface area contributed by atoms with Crippen LogP contribution in [-0.4, -0.2) is 57.5 Å². The molecular weight excluding hydrogens is 474 g/mol. The highest BCUT2D eigenvalue weighted by Crippen LogP contribution is 2.60. The first kappa shape index (κ1) is 25.2. The molecule has 4 aliphatic rings. The van der Waals surface area contributed by atoms with Crippen LogP contribution in [0.4, 0.5) is 6.01 Å². The van der Waals surface area contributed by atoms with E-state index in [2.05, 4.69) is 39.1 Å². The van der Waals surface area contributed by atoms with Crippen molar-refractivity contribution in [1.82, 2.24) is 20.4 Å². The van der Waals surface area contributed by atoms with E-state index in [-0.39, 0.29) is 47.9 Å². The first-order chi connectivity index (χ1) is 17.5. The van der Waals surface area contributed by atoms with Crippen LogP contribution in [0.2, 0.25) is 0 Å². The van der Waals surface area contributed by atoms with Gasteiger partial charge in [-0.2, -0.15) is 5.26 Å². The second-order valence-corrected chi connectivity index (χ2v) is 12.0. The van der Waals surface area contributed by atoms with Gasteiger partial charge in [0.25, 0.3) is 0 Å². The van der Waals surface area contributed by atoms with E-state index in [0.29, 0.717) is 25.4 Å². The number of aryl methyl sites for hydroxylation is 1. The van der Waals surface area contributed by atoms with Crippen molar-refractivity contribution in [3.05, 3.63) is 18.0 Å². The predicted molar refractivity (Wildman–Crippen MR) is 132 cm³/mol. The molecule has 1 saturated carbocycles. The first-order valence-corrected chi connectivity index (χ1v) is 13.0. The van der Waals surface area contributed by atoms with Gasteiger partial charge in [-0.25, -0.2) is 0 Å². The fourth-order valence-corrected chi connectivity index (χ4v) is 7.30. The topological polar surface area (TPSA) is 167 Å². The quantitative estimate of drug-likeness (QED) is 0.463. The normalized spacial score (nSPS) is 33.6. The molecule has 3 heterocycles. The summed E-state index contributed by atoms with van der Waals surface area (Å²) in [6, 6.07) is 1.62. The zero-order valence-electron chi connectivity index (χ0n) is 21.7. The molecule has 1 aromatic heterocycles. The number of fused-ring (bicyclic) bond motifs is 5. The number of nitriles is 1. The van der Waals surface area contributed by atoms with Crippen molar-refractivity contribution in [2.24, 2.45) is 46.7 Å². The molecule has 2 saturated heterocycles. The average molecular weight is 510 g/mol. The molecule has 198 valence electrons. The van der Waals surface area contributed by atoms with E-state index in [1.807, 2.05) is 20.8 Å². The lowest BCUT2D eigenvalue weighted by atomic mass is 9.65. The predicted octanol–water partition coefficient (Wildman–Crippen LogP) is 1.38. The summed E-state index contributed by atoms with van der Waals surface area (Å²) < 4.78 is 5.51. The number of anilines is 1. The summed E-state index contributed by atoms with van der Waals surface area (Å²) in [5, 5.41) is 24.2. The summed E-state index contributed by atoms with van der Waals surface area (Å²) in [4.78, 5) is 42.1.